The number of methoxy groups -OCH3 is 1. The van der Waals surface area contributed by atoms with Crippen LogP contribution in [0.25, 0.3) is 30.8 Å². The Bertz CT molecular complexity index is 1130. The third-order valence-electron chi connectivity index (χ3n) is 4.46. The summed E-state index contributed by atoms with van der Waals surface area (Å²) >= 11 is 0.0593. The molecule has 2 N–H and O–H groups in total. The van der Waals surface area contributed by atoms with Crippen molar-refractivity contribution < 1.29 is 13.9 Å². The molecule has 3 nitrogen and oxygen atoms in total. The minimum absolute atomic E-state index is 0.0593. The van der Waals surface area contributed by atoms with E-state index in [-0.39, 0.29) is 20.3 Å². The van der Waals surface area contributed by atoms with Crippen molar-refractivity contribution in [3.8, 4) is 26.9 Å². The standard InChI is InChI=1S/C22H16FNO2Se/c1-26-17-9-4-14(5-10-17)21-20(13-2-7-16(23)8-3-13)18-12-15(22(24)25)6-11-19(18)27-21/h2-12H,1H3,(H2,24,25). The van der Waals surface area contributed by atoms with Crippen LogP contribution in [-0.2, 0) is 0 Å². The van der Waals surface area contributed by atoms with Gasteiger partial charge in [-0.2, -0.15) is 0 Å². The van der Waals surface area contributed by atoms with Gasteiger partial charge in [0.1, 0.15) is 0 Å². The van der Waals surface area contributed by atoms with E-state index in [1.807, 2.05) is 36.4 Å². The number of benzene rings is 3. The third-order valence-corrected chi connectivity index (χ3v) is 7.02. The van der Waals surface area contributed by atoms with Crippen LogP contribution in [-0.4, -0.2) is 27.5 Å². The summed E-state index contributed by atoms with van der Waals surface area (Å²) in [7, 11) is 1.64. The maximum absolute atomic E-state index is 13.5. The van der Waals surface area contributed by atoms with Gasteiger partial charge in [-0.1, -0.05) is 0 Å². The molecule has 1 heterocycles. The molecule has 0 aliphatic heterocycles. The van der Waals surface area contributed by atoms with Gasteiger partial charge in [-0.15, -0.1) is 0 Å². The van der Waals surface area contributed by atoms with Gasteiger partial charge >= 0.3 is 162 Å². The number of ether oxygens (including phenoxy) is 1. The van der Waals surface area contributed by atoms with Crippen molar-refractivity contribution in [3.05, 3.63) is 78.1 Å². The van der Waals surface area contributed by atoms with Crippen molar-refractivity contribution in [2.45, 2.75) is 0 Å². The number of hydrogen-bond donors (Lipinski definition) is 1. The van der Waals surface area contributed by atoms with Gasteiger partial charge in [0.2, 0.25) is 0 Å². The first-order valence-electron chi connectivity index (χ1n) is 8.33. The van der Waals surface area contributed by atoms with Crippen molar-refractivity contribution in [2.75, 3.05) is 7.11 Å². The number of hydrogen-bond acceptors (Lipinski definition) is 2. The van der Waals surface area contributed by atoms with Gasteiger partial charge in [-0.05, 0) is 0 Å². The first kappa shape index (κ1) is 17.5. The van der Waals surface area contributed by atoms with Crippen molar-refractivity contribution in [1.82, 2.24) is 0 Å². The second-order valence-electron chi connectivity index (χ2n) is 6.12. The number of halogens is 1. The second kappa shape index (κ2) is 7.03. The summed E-state index contributed by atoms with van der Waals surface area (Å²) in [6.07, 6.45) is 0. The molecule has 134 valence electrons. The predicted molar refractivity (Wildman–Crippen MR) is 107 cm³/mol. The Morgan fingerprint density at radius 2 is 1.63 bits per heavy atom. The zero-order chi connectivity index (χ0) is 19.0. The average molecular weight is 424 g/mol. The molecule has 0 aliphatic rings. The van der Waals surface area contributed by atoms with E-state index in [0.29, 0.717) is 5.56 Å². The summed E-state index contributed by atoms with van der Waals surface area (Å²) in [6.45, 7) is 0. The minimum atomic E-state index is -0.457. The Kier molecular flexibility index (Phi) is 4.56. The summed E-state index contributed by atoms with van der Waals surface area (Å²) in [6, 6.07) is 19.9. The normalized spacial score (nSPS) is 10.9. The third kappa shape index (κ3) is 3.27. The van der Waals surface area contributed by atoms with Gasteiger partial charge in [0.05, 0.1) is 0 Å². The molecule has 0 fully saturated rings. The topological polar surface area (TPSA) is 52.3 Å². The molecule has 0 bridgehead atoms. The number of amides is 1. The van der Waals surface area contributed by atoms with Crippen LogP contribution in [0.1, 0.15) is 10.4 Å². The van der Waals surface area contributed by atoms with Gasteiger partial charge in [-0.25, -0.2) is 0 Å². The Balaban J connectivity index is 2.00. The van der Waals surface area contributed by atoms with E-state index < -0.39 is 5.91 Å². The van der Waals surface area contributed by atoms with Crippen LogP contribution in [0.15, 0.2) is 66.7 Å². The van der Waals surface area contributed by atoms with Gasteiger partial charge in [0.15, 0.2) is 0 Å². The Morgan fingerprint density at radius 1 is 0.963 bits per heavy atom. The van der Waals surface area contributed by atoms with E-state index in [4.69, 9.17) is 10.5 Å². The fourth-order valence-corrected chi connectivity index (χ4v) is 5.64. The Hall–Kier alpha value is -2.88. The van der Waals surface area contributed by atoms with Gasteiger partial charge in [0, 0.05) is 0 Å². The molecule has 5 heteroatoms. The first-order valence-corrected chi connectivity index (χ1v) is 10.0. The molecule has 1 amide bonds. The zero-order valence-corrected chi connectivity index (χ0v) is 16.2. The maximum atomic E-state index is 13.5. The van der Waals surface area contributed by atoms with Crippen LogP contribution in [0, 0.1) is 5.82 Å². The molecule has 0 spiro atoms. The molecule has 0 saturated heterocycles. The van der Waals surface area contributed by atoms with E-state index in [2.05, 4.69) is 0 Å². The van der Waals surface area contributed by atoms with E-state index in [9.17, 15) is 9.18 Å². The molecule has 0 saturated carbocycles. The Morgan fingerprint density at radius 3 is 2.26 bits per heavy atom. The van der Waals surface area contributed by atoms with Gasteiger partial charge in [-0.3, -0.25) is 0 Å². The van der Waals surface area contributed by atoms with Crippen LogP contribution in [0.5, 0.6) is 5.75 Å². The molecular formula is C22H16FNO2Se. The molecule has 4 aromatic rings. The summed E-state index contributed by atoms with van der Waals surface area (Å²) in [5.74, 6) is 0.0586. The van der Waals surface area contributed by atoms with Crippen molar-refractivity contribution >= 4 is 30.1 Å². The molecule has 27 heavy (non-hydrogen) atoms. The van der Waals surface area contributed by atoms with Crippen molar-refractivity contribution in [3.63, 3.8) is 0 Å². The molecule has 1 aromatic heterocycles. The van der Waals surface area contributed by atoms with Gasteiger partial charge < -0.3 is 0 Å². The van der Waals surface area contributed by atoms with E-state index in [1.165, 1.54) is 20.8 Å². The molecule has 0 atom stereocenters. The van der Waals surface area contributed by atoms with Crippen LogP contribution < -0.4 is 10.5 Å². The first-order chi connectivity index (χ1) is 13.1. The predicted octanol–water partition coefficient (Wildman–Crippen LogP) is 4.48. The number of fused-ring (bicyclic) bond motifs is 1. The number of carbonyl (C=O) groups is 1. The summed E-state index contributed by atoms with van der Waals surface area (Å²) in [5, 5.41) is 0.990. The van der Waals surface area contributed by atoms with Crippen LogP contribution in [0.2, 0.25) is 0 Å². The number of rotatable bonds is 4. The number of carbonyl (C=O) groups excluding carboxylic acids is 1. The molecule has 0 aliphatic carbocycles. The fourth-order valence-electron chi connectivity index (χ4n) is 3.10. The molecule has 4 rings (SSSR count). The van der Waals surface area contributed by atoms with Crippen molar-refractivity contribution in [2.24, 2.45) is 5.73 Å². The Labute approximate surface area is 161 Å². The van der Waals surface area contributed by atoms with Crippen LogP contribution >= 0.6 is 0 Å². The SMILES string of the molecule is COc1ccc(-c2[se]c3ccc(C(N)=O)cc3c2-c2ccc(F)cc2)cc1. The second-order valence-corrected chi connectivity index (χ2v) is 8.32. The summed E-state index contributed by atoms with van der Waals surface area (Å²) < 4.78 is 21.1. The van der Waals surface area contributed by atoms with E-state index in [1.54, 1.807) is 25.3 Å². The molecule has 0 radical (unpaired) electrons. The summed E-state index contributed by atoms with van der Waals surface area (Å²) in [5.41, 5.74) is 8.99. The van der Waals surface area contributed by atoms with E-state index >= 15 is 0 Å². The van der Waals surface area contributed by atoms with E-state index in [0.717, 1.165) is 27.8 Å². The zero-order valence-electron chi connectivity index (χ0n) is 14.5. The average Bonchev–Trinajstić information content (AvgIpc) is 3.07. The number of primary amides is 1. The molecular weight excluding hydrogens is 408 g/mol. The number of nitrogens with two attached hydrogens (primary N) is 1. The van der Waals surface area contributed by atoms with Crippen LogP contribution in [0.3, 0.4) is 0 Å². The van der Waals surface area contributed by atoms with Gasteiger partial charge in [0.25, 0.3) is 0 Å². The van der Waals surface area contributed by atoms with Crippen molar-refractivity contribution in [1.29, 1.82) is 0 Å². The summed E-state index contributed by atoms with van der Waals surface area (Å²) in [4.78, 5) is 11.7. The monoisotopic (exact) mass is 425 g/mol. The quantitative estimate of drug-likeness (QED) is 0.492. The molecule has 3 aromatic carbocycles. The van der Waals surface area contributed by atoms with Crippen LogP contribution in [0.4, 0.5) is 4.39 Å². The molecule has 0 unspecified atom stereocenters. The fraction of sp³-hybridized carbons (Fsp3) is 0.0455.